The number of esters is 1. The lowest BCUT2D eigenvalue weighted by Gasteiger charge is -2.46. The molecule has 6 bridgehead atoms. The van der Waals surface area contributed by atoms with Gasteiger partial charge in [-0.3, -0.25) is 49.2 Å². The Morgan fingerprint density at radius 2 is 1.78 bits per heavy atom. The van der Waals surface area contributed by atoms with Gasteiger partial charge in [-0.25, -0.2) is 5.43 Å². The topological polar surface area (TPSA) is 188 Å². The first-order valence-electron chi connectivity index (χ1n) is 30.3. The predicted molar refractivity (Wildman–Crippen MR) is 302 cm³/mol. The number of aryl methyl sites for hydroxylation is 1. The van der Waals surface area contributed by atoms with E-state index in [9.17, 15) is 14.4 Å². The van der Waals surface area contributed by atoms with E-state index in [1.54, 1.807) is 12.1 Å². The zero-order valence-electron chi connectivity index (χ0n) is 48.2. The third kappa shape index (κ3) is 11.2. The summed E-state index contributed by atoms with van der Waals surface area (Å²) in [6, 6.07) is 5.49. The monoisotopic (exact) mass is 1090 g/mol. The van der Waals surface area contributed by atoms with Crippen molar-refractivity contribution in [2.75, 3.05) is 110 Å². The molecule has 2 aromatic rings. The van der Waals surface area contributed by atoms with Crippen molar-refractivity contribution in [1.82, 2.24) is 45.2 Å². The average Bonchev–Trinajstić information content (AvgIpc) is 4.55. The van der Waals surface area contributed by atoms with Gasteiger partial charge in [0.05, 0.1) is 56.1 Å². The number of anilines is 1. The van der Waals surface area contributed by atoms with E-state index in [4.69, 9.17) is 23.9 Å². The van der Waals surface area contributed by atoms with E-state index < -0.39 is 29.5 Å². The number of carbonyl (C=O) groups excluding carboxylic acids is 4. The molecule has 3 N–H and O–H groups in total. The Labute approximate surface area is 467 Å². The number of morpholine rings is 2. The van der Waals surface area contributed by atoms with E-state index >= 15 is 4.79 Å². The van der Waals surface area contributed by atoms with Gasteiger partial charge in [0.1, 0.15) is 18.1 Å². The van der Waals surface area contributed by atoms with Crippen molar-refractivity contribution in [2.24, 2.45) is 27.7 Å². The molecule has 1 aliphatic carbocycles. The molecule has 1 aromatic carbocycles. The molecule has 1 saturated carbocycles. The van der Waals surface area contributed by atoms with E-state index in [1.807, 2.05) is 0 Å². The Morgan fingerprint density at radius 1 is 0.962 bits per heavy atom. The van der Waals surface area contributed by atoms with Crippen LogP contribution in [0.4, 0.5) is 5.69 Å². The third-order valence-corrected chi connectivity index (χ3v) is 19.7. The van der Waals surface area contributed by atoms with Gasteiger partial charge in [-0.1, -0.05) is 27.7 Å². The summed E-state index contributed by atoms with van der Waals surface area (Å²) in [6.07, 6.45) is 8.62. The number of hydrogen-bond acceptors (Lipinski definition) is 15. The number of nitrogens with one attached hydrogen (secondary N) is 3. The number of carbonyl (C=O) groups is 4. The van der Waals surface area contributed by atoms with Gasteiger partial charge in [-0.05, 0) is 107 Å². The number of piperazine rings is 1. The van der Waals surface area contributed by atoms with Crippen molar-refractivity contribution in [3.63, 3.8) is 0 Å². The summed E-state index contributed by atoms with van der Waals surface area (Å²) in [5.41, 5.74) is 9.46. The van der Waals surface area contributed by atoms with Gasteiger partial charge in [0.15, 0.2) is 0 Å². The number of hydrogen-bond donors (Lipinski definition) is 3. The molecule has 12 rings (SSSR count). The molecule has 79 heavy (non-hydrogen) atoms. The fourth-order valence-electron chi connectivity index (χ4n) is 15.1. The highest BCUT2D eigenvalue weighted by Gasteiger charge is 2.55. The number of ether oxygens (including phenoxy) is 4. The standard InChI is InChI=1S/C60H89N11O8/c1-8-70-49-14-13-40-26-44(49)46(54(70)45-27-41(30-61-50(45)38(4)76-7)66-21-20-65-22-24-77-33-42(65)31-66)29-59(5,6)36-79-58(75)47-10-9-17-71(64-47)56(73)48(28-43-32-67(40)23-25-78-43)62-55(72)53(37(2)3)68-18-15-60(34-68)16-19-69(35-60)57(74)52-51(63-52)39-11-12-39/h13-14,26,30,37-39,41-43,47-48,51-53,63-64H,8-12,15-25,27-29,31-36H2,1-7H3,(H,62,72)/t38-,41+,42-,43-,47-,48-,51+,52+,53-,60-/m0/s1. The van der Waals surface area contributed by atoms with Crippen molar-refractivity contribution in [3.8, 4) is 0 Å². The van der Waals surface area contributed by atoms with Crippen molar-refractivity contribution < 1.29 is 38.1 Å². The second kappa shape index (κ2) is 22.4. The number of aliphatic imine (C=N–C) groups is 1. The van der Waals surface area contributed by atoms with Crippen molar-refractivity contribution >= 4 is 52.1 Å². The van der Waals surface area contributed by atoms with Gasteiger partial charge < -0.3 is 38.6 Å². The van der Waals surface area contributed by atoms with E-state index in [-0.39, 0.29) is 66.4 Å². The summed E-state index contributed by atoms with van der Waals surface area (Å²) in [5.74, 6) is -0.000652. The van der Waals surface area contributed by atoms with Crippen LogP contribution in [-0.2, 0) is 51.1 Å². The van der Waals surface area contributed by atoms with Crippen molar-refractivity contribution in [3.05, 3.63) is 35.2 Å². The van der Waals surface area contributed by atoms with Crippen LogP contribution >= 0.6 is 0 Å². The fourth-order valence-corrected chi connectivity index (χ4v) is 15.1. The van der Waals surface area contributed by atoms with Crippen LogP contribution in [0, 0.1) is 22.7 Å². The Kier molecular flexibility index (Phi) is 15.6. The minimum absolute atomic E-state index is 0.0337. The first-order valence-corrected chi connectivity index (χ1v) is 30.3. The maximum Gasteiger partial charge on any atom is 0.324 e. The highest BCUT2D eigenvalue weighted by atomic mass is 16.5. The Hall–Kier alpha value is -4.47. The summed E-state index contributed by atoms with van der Waals surface area (Å²) >= 11 is 0. The minimum Gasteiger partial charge on any atom is -0.464 e. The maximum atomic E-state index is 15.0. The van der Waals surface area contributed by atoms with Crippen LogP contribution in [0.1, 0.15) is 104 Å². The number of likely N-dealkylation sites (tertiary alicyclic amines) is 2. The summed E-state index contributed by atoms with van der Waals surface area (Å²) < 4.78 is 27.4. The molecule has 3 amide bonds. The molecule has 1 aromatic heterocycles. The van der Waals surface area contributed by atoms with Gasteiger partial charge in [-0.2, -0.15) is 0 Å². The zero-order chi connectivity index (χ0) is 54.9. The second-order valence-electron chi connectivity index (χ2n) is 26.2. The number of rotatable bonds is 11. The number of nitrogens with zero attached hydrogens (tertiary/aromatic N) is 8. The smallest absolute Gasteiger partial charge is 0.324 e. The molecule has 432 valence electrons. The predicted octanol–water partition coefficient (Wildman–Crippen LogP) is 3.67. The van der Waals surface area contributed by atoms with Gasteiger partial charge >= 0.3 is 5.97 Å². The SMILES string of the molecule is CCn1c(C2=C([C@H](C)OC)N=C[C@H](N3CCN4CCOC[C@@H]4C3)C2)c2c3cc(ccc31)N1CCO[C@@H](C[C@H](NC(=O)[C@H](C(C)C)N3CC[C@]4(CCN(C(=O)[C@@H]5N[C@@H]5C5CC5)C4)C3)C(=O)N3CCC[C@H](N3)C(=O)OCC(C)(C)C2)C1. The van der Waals surface area contributed by atoms with Crippen LogP contribution in [-0.4, -0.2) is 219 Å². The van der Waals surface area contributed by atoms with Crippen LogP contribution in [0.25, 0.3) is 16.5 Å². The summed E-state index contributed by atoms with van der Waals surface area (Å²) in [5, 5.41) is 9.47. The molecule has 10 aliphatic rings. The first-order chi connectivity index (χ1) is 38.1. The van der Waals surface area contributed by atoms with Crippen molar-refractivity contribution in [1.29, 1.82) is 0 Å². The number of fused-ring (bicyclic) bond motifs is 7. The first kappa shape index (κ1) is 55.1. The lowest BCUT2D eigenvalue weighted by molar-refractivity contribution is -0.156. The minimum atomic E-state index is -0.922. The number of hydrazine groups is 1. The molecule has 7 saturated heterocycles. The maximum absolute atomic E-state index is 15.0. The summed E-state index contributed by atoms with van der Waals surface area (Å²) in [6.45, 7) is 24.2. The lowest BCUT2D eigenvalue weighted by Crippen LogP contribution is -2.62. The largest absolute Gasteiger partial charge is 0.464 e. The van der Waals surface area contributed by atoms with Crippen molar-refractivity contribution in [2.45, 2.75) is 160 Å². The average molecular weight is 1090 g/mol. The van der Waals surface area contributed by atoms with Crippen LogP contribution < -0.4 is 21.0 Å². The molecule has 19 nitrogen and oxygen atoms in total. The van der Waals surface area contributed by atoms with E-state index in [1.165, 1.54) is 29.7 Å². The molecular formula is C60H89N11O8. The zero-order valence-corrected chi connectivity index (χ0v) is 48.2. The number of benzene rings is 1. The number of cyclic esters (lactones) is 1. The normalized spacial score (nSPS) is 32.9. The third-order valence-electron chi connectivity index (χ3n) is 19.7. The molecule has 1 spiro atoms. The summed E-state index contributed by atoms with van der Waals surface area (Å²) in [4.78, 5) is 75.1. The fraction of sp³-hybridized carbons (Fsp3) is 0.750. The van der Waals surface area contributed by atoms with Gasteiger partial charge in [0.25, 0.3) is 5.91 Å². The highest BCUT2D eigenvalue weighted by molar-refractivity contribution is 5.95. The number of aromatic nitrogens is 1. The number of methoxy groups -OCH3 is 1. The van der Waals surface area contributed by atoms with Gasteiger partial charge in [0.2, 0.25) is 11.8 Å². The molecule has 19 heteroatoms. The number of amides is 3. The van der Waals surface area contributed by atoms with Crippen LogP contribution in [0.2, 0.25) is 0 Å². The molecule has 0 unspecified atom stereocenters. The molecule has 10 heterocycles. The quantitative estimate of drug-likeness (QED) is 0.219. The van der Waals surface area contributed by atoms with Gasteiger partial charge in [-0.15, -0.1) is 0 Å². The van der Waals surface area contributed by atoms with E-state index in [2.05, 4.69) is 111 Å². The van der Waals surface area contributed by atoms with Crippen LogP contribution in [0.3, 0.4) is 0 Å². The van der Waals surface area contributed by atoms with Gasteiger partial charge in [0, 0.05) is 143 Å². The van der Waals surface area contributed by atoms with E-state index in [0.29, 0.717) is 63.5 Å². The molecular weight excluding hydrogens is 1000 g/mol. The molecule has 9 aliphatic heterocycles. The molecule has 0 radical (unpaired) electrons. The Morgan fingerprint density at radius 3 is 2.58 bits per heavy atom. The summed E-state index contributed by atoms with van der Waals surface area (Å²) in [7, 11) is 1.76. The van der Waals surface area contributed by atoms with E-state index in [0.717, 1.165) is 114 Å². The molecule has 8 fully saturated rings. The highest BCUT2D eigenvalue weighted by Crippen LogP contribution is 2.45. The molecule has 10 atom stereocenters. The van der Waals surface area contributed by atoms with Crippen LogP contribution in [0.5, 0.6) is 0 Å². The van der Waals surface area contributed by atoms with Crippen LogP contribution in [0.15, 0.2) is 28.9 Å². The second-order valence-corrected chi connectivity index (χ2v) is 26.2. The lowest BCUT2D eigenvalue weighted by atomic mass is 9.83. The Balaban J connectivity index is 0.837. The Bertz CT molecular complexity index is 2700.